The second kappa shape index (κ2) is 7.36. The molecule has 0 saturated carbocycles. The molecule has 6 nitrogen and oxygen atoms in total. The van der Waals surface area contributed by atoms with Crippen LogP contribution in [0.5, 0.6) is 5.75 Å². The third kappa shape index (κ3) is 5.48. The summed E-state index contributed by atoms with van der Waals surface area (Å²) in [7, 11) is 0. The fourth-order valence-corrected chi connectivity index (χ4v) is 0.802. The van der Waals surface area contributed by atoms with Gasteiger partial charge in [-0.2, -0.15) is 0 Å². The molecule has 1 aromatic carbocycles. The Balaban J connectivity index is 0. The Morgan fingerprint density at radius 1 is 1.33 bits per heavy atom. The van der Waals surface area contributed by atoms with Crippen LogP contribution in [-0.4, -0.2) is 45.9 Å². The summed E-state index contributed by atoms with van der Waals surface area (Å²) in [6.45, 7) is 1.27. The van der Waals surface area contributed by atoms with Crippen LogP contribution in [0.15, 0.2) is 24.3 Å². The molecule has 0 unspecified atom stereocenters. The van der Waals surface area contributed by atoms with Crippen molar-refractivity contribution in [2.45, 2.75) is 6.92 Å². The summed E-state index contributed by atoms with van der Waals surface area (Å²) in [5.74, 6) is -0.146. The topological polar surface area (TPSA) is 101 Å². The molecule has 1 aromatic rings. The average molecular weight is 223 g/mol. The van der Waals surface area contributed by atoms with E-state index in [0.29, 0.717) is 5.75 Å². The van der Waals surface area contributed by atoms with Crippen LogP contribution in [0.3, 0.4) is 0 Å². The molecule has 1 rings (SSSR count). The second-order valence-corrected chi connectivity index (χ2v) is 2.34. The van der Waals surface area contributed by atoms with Crippen LogP contribution >= 0.6 is 0 Å². The molecule has 15 heavy (non-hydrogen) atoms. The Morgan fingerprint density at radius 2 is 1.80 bits per heavy atom. The van der Waals surface area contributed by atoms with E-state index in [1.54, 1.807) is 0 Å². The molecular formula is C8H10NNaO5. The number of nitrogens with zero attached hydrogens (tertiary/aromatic N) is 1. The molecule has 0 aliphatic carbocycles. The number of carbonyl (C=O) groups is 1. The van der Waals surface area contributed by atoms with Gasteiger partial charge in [0.15, 0.2) is 0 Å². The van der Waals surface area contributed by atoms with Crippen LogP contribution < -0.4 is 4.74 Å². The van der Waals surface area contributed by atoms with E-state index in [2.05, 4.69) is 4.74 Å². The first-order valence-electron chi connectivity index (χ1n) is 3.52. The van der Waals surface area contributed by atoms with E-state index < -0.39 is 10.9 Å². The minimum absolute atomic E-state index is 0. The third-order valence-electron chi connectivity index (χ3n) is 1.31. The third-order valence-corrected chi connectivity index (χ3v) is 1.31. The van der Waals surface area contributed by atoms with Gasteiger partial charge >= 0.3 is 35.5 Å². The Kier molecular flexibility index (Phi) is 8.08. The van der Waals surface area contributed by atoms with Crippen molar-refractivity contribution in [2.75, 3.05) is 0 Å². The van der Waals surface area contributed by atoms with Gasteiger partial charge in [0, 0.05) is 19.1 Å². The predicted octanol–water partition coefficient (Wildman–Crippen LogP) is 0.0469. The zero-order chi connectivity index (χ0) is 9.84. The van der Waals surface area contributed by atoms with Crippen LogP contribution in [-0.2, 0) is 4.79 Å². The predicted molar refractivity (Wildman–Crippen MR) is 55.2 cm³/mol. The summed E-state index contributed by atoms with van der Waals surface area (Å²) in [4.78, 5) is 20.2. The van der Waals surface area contributed by atoms with Gasteiger partial charge < -0.3 is 10.2 Å². The summed E-state index contributed by atoms with van der Waals surface area (Å²) in [6.07, 6.45) is 0. The van der Waals surface area contributed by atoms with Crippen LogP contribution in [0, 0.1) is 10.1 Å². The molecule has 0 amide bonds. The molecule has 0 bridgehead atoms. The number of hydrogen-bond acceptors (Lipinski definition) is 4. The van der Waals surface area contributed by atoms with Gasteiger partial charge in [-0.15, -0.1) is 0 Å². The summed E-state index contributed by atoms with van der Waals surface area (Å²) in [5.41, 5.74) is -0.0316. The molecule has 0 fully saturated rings. The zero-order valence-electron chi connectivity index (χ0n) is 7.39. The molecular weight excluding hydrogens is 213 g/mol. The zero-order valence-corrected chi connectivity index (χ0v) is 7.39. The standard InChI is InChI=1S/C8H7NO4.Na.H2O.H/c1-6(10)13-8-4-2-7(3-5-8)9(11)12;;;/h2-5H,1H3;;1H2;. The quantitative estimate of drug-likeness (QED) is 0.232. The number of benzene rings is 1. The second-order valence-electron chi connectivity index (χ2n) is 2.34. The van der Waals surface area contributed by atoms with Gasteiger partial charge in [-0.05, 0) is 12.1 Å². The summed E-state index contributed by atoms with van der Waals surface area (Å²) in [5, 5.41) is 10.2. The van der Waals surface area contributed by atoms with Gasteiger partial charge in [0.05, 0.1) is 4.92 Å². The normalized spacial score (nSPS) is 8.07. The average Bonchev–Trinajstić information content (AvgIpc) is 2.04. The summed E-state index contributed by atoms with van der Waals surface area (Å²) >= 11 is 0. The van der Waals surface area contributed by atoms with Crippen LogP contribution in [0.1, 0.15) is 6.92 Å². The van der Waals surface area contributed by atoms with Gasteiger partial charge in [0.2, 0.25) is 0 Å². The van der Waals surface area contributed by atoms with Crippen LogP contribution in [0.4, 0.5) is 5.69 Å². The van der Waals surface area contributed by atoms with Crippen molar-refractivity contribution in [2.24, 2.45) is 0 Å². The minimum atomic E-state index is -0.516. The van der Waals surface area contributed by atoms with Crippen molar-refractivity contribution >= 4 is 41.2 Å². The molecule has 0 atom stereocenters. The summed E-state index contributed by atoms with van der Waals surface area (Å²) < 4.78 is 4.69. The van der Waals surface area contributed by atoms with Crippen LogP contribution in [0.25, 0.3) is 0 Å². The van der Waals surface area contributed by atoms with Gasteiger partial charge in [-0.1, -0.05) is 0 Å². The first kappa shape index (κ1) is 16.5. The first-order valence-corrected chi connectivity index (χ1v) is 3.52. The molecule has 0 radical (unpaired) electrons. The van der Waals surface area contributed by atoms with Gasteiger partial charge in [0.1, 0.15) is 5.75 Å². The number of rotatable bonds is 2. The monoisotopic (exact) mass is 223 g/mol. The Hall–Kier alpha value is -0.950. The van der Waals surface area contributed by atoms with E-state index in [1.165, 1.54) is 31.2 Å². The number of carbonyl (C=O) groups excluding carboxylic acids is 1. The Labute approximate surface area is 108 Å². The molecule has 0 aliphatic heterocycles. The Bertz CT molecular complexity index is 337. The van der Waals surface area contributed by atoms with Gasteiger partial charge in [0.25, 0.3) is 5.69 Å². The van der Waals surface area contributed by atoms with Crippen molar-refractivity contribution in [1.82, 2.24) is 0 Å². The maximum absolute atomic E-state index is 10.5. The number of ether oxygens (including phenoxy) is 1. The van der Waals surface area contributed by atoms with E-state index in [-0.39, 0.29) is 40.7 Å². The first-order chi connectivity index (χ1) is 6.09. The molecule has 0 spiro atoms. The van der Waals surface area contributed by atoms with E-state index >= 15 is 0 Å². The number of nitro groups is 1. The maximum atomic E-state index is 10.5. The van der Waals surface area contributed by atoms with Gasteiger partial charge in [-0.25, -0.2) is 0 Å². The number of nitro benzene ring substituents is 1. The van der Waals surface area contributed by atoms with E-state index in [1.807, 2.05) is 0 Å². The van der Waals surface area contributed by atoms with E-state index in [9.17, 15) is 14.9 Å². The molecule has 0 aliphatic rings. The number of hydrogen-bond donors (Lipinski definition) is 0. The van der Waals surface area contributed by atoms with Crippen molar-refractivity contribution in [1.29, 1.82) is 0 Å². The number of non-ortho nitro benzene ring substituents is 1. The van der Waals surface area contributed by atoms with Crippen molar-refractivity contribution in [3.05, 3.63) is 34.4 Å². The molecule has 0 aromatic heterocycles. The fourth-order valence-electron chi connectivity index (χ4n) is 0.802. The van der Waals surface area contributed by atoms with E-state index in [0.717, 1.165) is 0 Å². The van der Waals surface area contributed by atoms with Gasteiger partial charge in [-0.3, -0.25) is 14.9 Å². The SMILES string of the molecule is CC(=O)Oc1ccc([N+](=O)[O-])cc1.O.[NaH]. The van der Waals surface area contributed by atoms with E-state index in [4.69, 9.17) is 0 Å². The fraction of sp³-hybridized carbons (Fsp3) is 0.125. The molecule has 78 valence electrons. The summed E-state index contributed by atoms with van der Waals surface area (Å²) in [6, 6.07) is 5.30. The molecule has 0 heterocycles. The molecule has 0 saturated heterocycles. The van der Waals surface area contributed by atoms with Crippen molar-refractivity contribution in [3.8, 4) is 5.75 Å². The number of esters is 1. The Morgan fingerprint density at radius 3 is 2.13 bits per heavy atom. The molecule has 7 heteroatoms. The van der Waals surface area contributed by atoms with Crippen molar-refractivity contribution in [3.63, 3.8) is 0 Å². The molecule has 2 N–H and O–H groups in total. The van der Waals surface area contributed by atoms with Crippen molar-refractivity contribution < 1.29 is 19.9 Å². The van der Waals surface area contributed by atoms with Crippen LogP contribution in [0.2, 0.25) is 0 Å².